The second-order valence-corrected chi connectivity index (χ2v) is 2.83. The Hall–Kier alpha value is -0.410. The lowest BCUT2D eigenvalue weighted by molar-refractivity contribution is -0.120. The number of carbonyl (C=O) groups excluding carboxylic acids is 1. The Morgan fingerprint density at radius 3 is 2.27 bits per heavy atom. The van der Waals surface area contributed by atoms with Crippen LogP contribution in [-0.4, -0.2) is 28.2 Å². The first-order valence-electron chi connectivity index (χ1n) is 3.93. The molecule has 0 radical (unpaired) electrons. The molecule has 0 bridgehead atoms. The third-order valence-electron chi connectivity index (χ3n) is 1.53. The second-order valence-electron chi connectivity index (χ2n) is 2.83. The molecule has 0 spiro atoms. The lowest BCUT2D eigenvalue weighted by Crippen LogP contribution is -2.27. The summed E-state index contributed by atoms with van der Waals surface area (Å²) in [4.78, 5) is 10.5. The quantitative estimate of drug-likeness (QED) is 0.615. The number of ketones is 1. The van der Waals surface area contributed by atoms with Gasteiger partial charge in [-0.1, -0.05) is 13.3 Å². The third-order valence-corrected chi connectivity index (χ3v) is 1.53. The zero-order valence-electron chi connectivity index (χ0n) is 7.08. The molecule has 0 aromatic rings. The molecular formula is C8H16O3. The van der Waals surface area contributed by atoms with Crippen LogP contribution in [0.5, 0.6) is 0 Å². The molecule has 2 atom stereocenters. The van der Waals surface area contributed by atoms with Crippen molar-refractivity contribution in [3.8, 4) is 0 Å². The van der Waals surface area contributed by atoms with Crippen LogP contribution in [0, 0.1) is 0 Å². The minimum atomic E-state index is -0.882. The van der Waals surface area contributed by atoms with Crippen LogP contribution in [0.4, 0.5) is 0 Å². The summed E-state index contributed by atoms with van der Waals surface area (Å²) in [5, 5.41) is 18.3. The monoisotopic (exact) mass is 160 g/mol. The van der Waals surface area contributed by atoms with Gasteiger partial charge in [-0.05, 0) is 13.3 Å². The van der Waals surface area contributed by atoms with Gasteiger partial charge in [-0.3, -0.25) is 4.79 Å². The molecule has 66 valence electrons. The van der Waals surface area contributed by atoms with Gasteiger partial charge in [-0.15, -0.1) is 0 Å². The van der Waals surface area contributed by atoms with Gasteiger partial charge in [0.15, 0.2) is 0 Å². The van der Waals surface area contributed by atoms with Gasteiger partial charge in [0.05, 0.1) is 12.2 Å². The van der Waals surface area contributed by atoms with Gasteiger partial charge in [0.25, 0.3) is 0 Å². The highest BCUT2D eigenvalue weighted by atomic mass is 16.3. The van der Waals surface area contributed by atoms with Gasteiger partial charge in [0, 0.05) is 6.42 Å². The Morgan fingerprint density at radius 1 is 1.36 bits per heavy atom. The molecule has 0 saturated carbocycles. The van der Waals surface area contributed by atoms with Crippen LogP contribution in [-0.2, 0) is 4.79 Å². The fourth-order valence-electron chi connectivity index (χ4n) is 0.919. The van der Waals surface area contributed by atoms with Crippen LogP contribution >= 0.6 is 0 Å². The van der Waals surface area contributed by atoms with Crippen LogP contribution < -0.4 is 0 Å². The van der Waals surface area contributed by atoms with Crippen LogP contribution in [0.3, 0.4) is 0 Å². The summed E-state index contributed by atoms with van der Waals surface area (Å²) in [7, 11) is 0. The van der Waals surface area contributed by atoms with Crippen molar-refractivity contribution in [2.24, 2.45) is 0 Å². The number of carbonyl (C=O) groups is 1. The molecule has 0 rings (SSSR count). The smallest absolute Gasteiger partial charge is 0.132 e. The molecule has 3 heteroatoms. The van der Waals surface area contributed by atoms with Crippen molar-refractivity contribution in [1.29, 1.82) is 0 Å². The summed E-state index contributed by atoms with van der Waals surface area (Å²) in [6.07, 6.45) is -0.206. The van der Waals surface area contributed by atoms with Crippen molar-refractivity contribution < 1.29 is 15.0 Å². The molecule has 0 aliphatic rings. The normalized spacial score (nSPS) is 16.0. The molecule has 0 amide bonds. The number of rotatable bonds is 5. The highest BCUT2D eigenvalue weighted by molar-refractivity contribution is 5.75. The Bertz CT molecular complexity index is 123. The van der Waals surface area contributed by atoms with E-state index in [0.717, 1.165) is 6.42 Å². The van der Waals surface area contributed by atoms with Gasteiger partial charge in [0.1, 0.15) is 5.78 Å². The zero-order chi connectivity index (χ0) is 8.85. The van der Waals surface area contributed by atoms with E-state index in [2.05, 4.69) is 0 Å². The summed E-state index contributed by atoms with van der Waals surface area (Å²) in [6, 6.07) is 0. The van der Waals surface area contributed by atoms with E-state index >= 15 is 0 Å². The Balaban J connectivity index is 3.63. The van der Waals surface area contributed by atoms with Crippen molar-refractivity contribution >= 4 is 5.78 Å². The predicted octanol–water partition coefficient (Wildman–Crippen LogP) is 0.487. The summed E-state index contributed by atoms with van der Waals surface area (Å²) in [5.41, 5.74) is 0. The van der Waals surface area contributed by atoms with Crippen molar-refractivity contribution in [2.45, 2.75) is 45.3 Å². The number of aliphatic hydroxyl groups excluding tert-OH is 2. The largest absolute Gasteiger partial charge is 0.390 e. The van der Waals surface area contributed by atoms with Gasteiger partial charge < -0.3 is 10.2 Å². The summed E-state index contributed by atoms with van der Waals surface area (Å²) >= 11 is 0. The van der Waals surface area contributed by atoms with Crippen LogP contribution in [0.15, 0.2) is 0 Å². The average Bonchev–Trinajstić information content (AvgIpc) is 1.86. The minimum absolute atomic E-state index is 0.0567. The van der Waals surface area contributed by atoms with Crippen LogP contribution in [0.1, 0.15) is 33.1 Å². The molecule has 11 heavy (non-hydrogen) atoms. The van der Waals surface area contributed by atoms with E-state index in [9.17, 15) is 4.79 Å². The van der Waals surface area contributed by atoms with Crippen LogP contribution in [0.2, 0.25) is 0 Å². The van der Waals surface area contributed by atoms with E-state index in [1.165, 1.54) is 6.92 Å². The summed E-state index contributed by atoms with van der Waals surface area (Å²) in [5.74, 6) is -0.0901. The van der Waals surface area contributed by atoms with E-state index in [0.29, 0.717) is 6.42 Å². The predicted molar refractivity (Wildman–Crippen MR) is 42.2 cm³/mol. The Morgan fingerprint density at radius 2 is 1.91 bits per heavy atom. The van der Waals surface area contributed by atoms with Gasteiger partial charge >= 0.3 is 0 Å². The zero-order valence-corrected chi connectivity index (χ0v) is 7.08. The van der Waals surface area contributed by atoms with Crippen molar-refractivity contribution in [2.75, 3.05) is 0 Å². The molecular weight excluding hydrogens is 144 g/mol. The van der Waals surface area contributed by atoms with E-state index in [1.807, 2.05) is 6.92 Å². The maximum Gasteiger partial charge on any atom is 0.132 e. The van der Waals surface area contributed by atoms with Crippen molar-refractivity contribution in [1.82, 2.24) is 0 Å². The van der Waals surface area contributed by atoms with Gasteiger partial charge in [0.2, 0.25) is 0 Å². The molecule has 0 aliphatic heterocycles. The second kappa shape index (κ2) is 5.27. The number of aliphatic hydroxyl groups is 2. The lowest BCUT2D eigenvalue weighted by atomic mass is 10.0. The van der Waals surface area contributed by atoms with E-state index in [-0.39, 0.29) is 12.2 Å². The average molecular weight is 160 g/mol. The molecule has 0 fully saturated rings. The molecule has 2 N–H and O–H groups in total. The Kier molecular flexibility index (Phi) is 5.07. The number of hydrogen-bond donors (Lipinski definition) is 2. The molecule has 0 aromatic carbocycles. The standard InChI is InChI=1S/C8H16O3/c1-3-4-7(10)8(11)5-6(2)9/h7-8,10-11H,3-5H2,1-2H3. The molecule has 2 unspecified atom stereocenters. The van der Waals surface area contributed by atoms with E-state index in [4.69, 9.17) is 10.2 Å². The minimum Gasteiger partial charge on any atom is -0.390 e. The molecule has 0 aliphatic carbocycles. The molecule has 0 aromatic heterocycles. The van der Waals surface area contributed by atoms with Gasteiger partial charge in [-0.25, -0.2) is 0 Å². The van der Waals surface area contributed by atoms with Gasteiger partial charge in [-0.2, -0.15) is 0 Å². The summed E-state index contributed by atoms with van der Waals surface area (Å²) < 4.78 is 0. The highest BCUT2D eigenvalue weighted by Gasteiger charge is 2.16. The van der Waals surface area contributed by atoms with Crippen LogP contribution in [0.25, 0.3) is 0 Å². The number of hydrogen-bond acceptors (Lipinski definition) is 3. The van der Waals surface area contributed by atoms with Crippen molar-refractivity contribution in [3.63, 3.8) is 0 Å². The first-order chi connectivity index (χ1) is 5.07. The maximum absolute atomic E-state index is 10.5. The SMILES string of the molecule is CCCC(O)C(O)CC(C)=O. The third kappa shape index (κ3) is 4.93. The first-order valence-corrected chi connectivity index (χ1v) is 3.93. The fraction of sp³-hybridized carbons (Fsp3) is 0.875. The maximum atomic E-state index is 10.5. The summed E-state index contributed by atoms with van der Waals surface area (Å²) in [6.45, 7) is 3.32. The highest BCUT2D eigenvalue weighted by Crippen LogP contribution is 2.05. The first kappa shape index (κ1) is 10.6. The topological polar surface area (TPSA) is 57.5 Å². The van der Waals surface area contributed by atoms with E-state index < -0.39 is 12.2 Å². The molecule has 0 heterocycles. The van der Waals surface area contributed by atoms with E-state index in [1.54, 1.807) is 0 Å². The van der Waals surface area contributed by atoms with Crippen molar-refractivity contribution in [3.05, 3.63) is 0 Å². The number of Topliss-reactive ketones (excluding diaryl/α,β-unsaturated/α-hetero) is 1. The lowest BCUT2D eigenvalue weighted by Gasteiger charge is -2.14. The molecule has 0 saturated heterocycles. The molecule has 3 nitrogen and oxygen atoms in total. The Labute approximate surface area is 67.0 Å². The fourth-order valence-corrected chi connectivity index (χ4v) is 0.919.